The van der Waals surface area contributed by atoms with E-state index < -0.39 is 74.2 Å². The average Bonchev–Trinajstić information content (AvgIpc) is 3.68. The van der Waals surface area contributed by atoms with Crippen molar-refractivity contribution in [3.63, 3.8) is 0 Å². The number of aliphatic hydroxyl groups is 7. The van der Waals surface area contributed by atoms with E-state index in [-0.39, 0.29) is 12.8 Å². The fraction of sp³-hybridized carbons (Fsp3) is 0.903. The molecule has 1 aliphatic rings. The minimum atomic E-state index is -1.67. The minimum absolute atomic E-state index is 0.247. The predicted molar refractivity (Wildman–Crippen MR) is 349 cm³/mol. The van der Waals surface area contributed by atoms with Gasteiger partial charge in [-0.05, 0) is 77.0 Å². The summed E-state index contributed by atoms with van der Waals surface area (Å²) in [4.78, 5) is 13.2. The van der Waals surface area contributed by atoms with Crippen LogP contribution in [0.3, 0.4) is 0 Å². The van der Waals surface area contributed by atoms with Gasteiger partial charge in [0.25, 0.3) is 0 Å². The summed E-state index contributed by atoms with van der Waals surface area (Å²) in [5, 5.41) is 76.5. The Morgan fingerprint density at radius 1 is 0.410 bits per heavy atom. The molecule has 1 aliphatic heterocycles. The Morgan fingerprint density at radius 2 is 0.723 bits per heavy atom. The van der Waals surface area contributed by atoms with Gasteiger partial charge < -0.3 is 50.5 Å². The molecule has 0 aliphatic carbocycles. The second kappa shape index (κ2) is 60.6. The van der Waals surface area contributed by atoms with E-state index >= 15 is 0 Å². The van der Waals surface area contributed by atoms with Crippen LogP contribution in [0.15, 0.2) is 36.5 Å². The number of amides is 1. The zero-order chi connectivity index (χ0) is 60.3. The number of allylic oxidation sites excluding steroid dienone is 6. The van der Waals surface area contributed by atoms with Crippen LogP contribution in [0.4, 0.5) is 0 Å². The summed E-state index contributed by atoms with van der Waals surface area (Å²) in [5.74, 6) is -0.707. The highest BCUT2D eigenvalue weighted by Gasteiger charge is 2.44. The van der Waals surface area contributed by atoms with Gasteiger partial charge in [0, 0.05) is 0 Å². The van der Waals surface area contributed by atoms with Crippen molar-refractivity contribution in [2.75, 3.05) is 13.2 Å². The fourth-order valence-corrected chi connectivity index (χ4v) is 11.6. The van der Waals surface area contributed by atoms with Gasteiger partial charge in [-0.2, -0.15) is 0 Å². The summed E-state index contributed by atoms with van der Waals surface area (Å²) in [6.45, 7) is 3.49. The maximum atomic E-state index is 13.2. The number of carbonyl (C=O) groups excluding carboxylic acids is 1. The molecule has 9 unspecified atom stereocenters. The van der Waals surface area contributed by atoms with Crippen LogP contribution < -0.4 is 5.32 Å². The third kappa shape index (κ3) is 48.0. The maximum Gasteiger partial charge on any atom is 0.249 e. The summed E-state index contributed by atoms with van der Waals surface area (Å²) in [6.07, 6.45) is 66.7. The molecule has 0 spiro atoms. The van der Waals surface area contributed by atoms with Crippen LogP contribution in [0.5, 0.6) is 0 Å². The normalized spacial score (nSPS) is 19.2. The van der Waals surface area contributed by atoms with Crippen molar-refractivity contribution in [2.45, 2.75) is 403 Å². The molecule has 0 saturated carbocycles. The van der Waals surface area contributed by atoms with Crippen molar-refractivity contribution >= 4 is 5.91 Å². The lowest BCUT2D eigenvalue weighted by Crippen LogP contribution is -2.60. The second-order valence-electron chi connectivity index (χ2n) is 25.3. The Bertz CT molecular complexity index is 1440. The number of carbonyl (C=O) groups is 1. The molecule has 1 saturated heterocycles. The molecule has 0 radical (unpaired) electrons. The molecule has 0 aromatic rings. The lowest BCUT2D eigenvalue weighted by Gasteiger charge is -2.40. The van der Waals surface area contributed by atoms with Crippen molar-refractivity contribution in [1.82, 2.24) is 5.32 Å². The first-order valence-electron chi connectivity index (χ1n) is 35.9. The summed E-state index contributed by atoms with van der Waals surface area (Å²) in [6, 6.07) is -1.19. The van der Waals surface area contributed by atoms with E-state index in [1.807, 2.05) is 0 Å². The minimum Gasteiger partial charge on any atom is -0.394 e. The molecule has 0 bridgehead atoms. The number of aliphatic hydroxyl groups excluding tert-OH is 7. The van der Waals surface area contributed by atoms with Crippen molar-refractivity contribution in [3.8, 4) is 0 Å². The summed E-state index contributed by atoms with van der Waals surface area (Å²) in [5.41, 5.74) is 0. The molecular weight excluding hydrogens is 1040 g/mol. The van der Waals surface area contributed by atoms with Crippen LogP contribution in [0.2, 0.25) is 0 Å². The Hall–Kier alpha value is -1.67. The molecular formula is C72H137NO10. The van der Waals surface area contributed by atoms with Gasteiger partial charge in [-0.1, -0.05) is 307 Å². The van der Waals surface area contributed by atoms with Crippen LogP contribution >= 0.6 is 0 Å². The van der Waals surface area contributed by atoms with Crippen LogP contribution in [-0.2, 0) is 14.3 Å². The van der Waals surface area contributed by atoms with E-state index in [4.69, 9.17) is 9.47 Å². The number of ether oxygens (including phenoxy) is 2. The van der Waals surface area contributed by atoms with Crippen molar-refractivity contribution in [2.24, 2.45) is 0 Å². The molecule has 1 amide bonds. The molecule has 83 heavy (non-hydrogen) atoms. The second-order valence-corrected chi connectivity index (χ2v) is 25.3. The Kier molecular flexibility index (Phi) is 57.9. The lowest BCUT2D eigenvalue weighted by molar-refractivity contribution is -0.303. The monoisotopic (exact) mass is 1180 g/mol. The van der Waals surface area contributed by atoms with Gasteiger partial charge in [-0.3, -0.25) is 4.79 Å². The first-order chi connectivity index (χ1) is 40.7. The van der Waals surface area contributed by atoms with Crippen LogP contribution in [-0.4, -0.2) is 110 Å². The Balaban J connectivity index is 2.22. The van der Waals surface area contributed by atoms with Gasteiger partial charge in [-0.25, -0.2) is 0 Å². The van der Waals surface area contributed by atoms with E-state index in [0.717, 1.165) is 38.5 Å². The number of hydrogen-bond donors (Lipinski definition) is 8. The van der Waals surface area contributed by atoms with Crippen LogP contribution in [0.25, 0.3) is 0 Å². The van der Waals surface area contributed by atoms with E-state index in [1.54, 1.807) is 0 Å². The predicted octanol–water partition coefficient (Wildman–Crippen LogP) is 17.4. The van der Waals surface area contributed by atoms with Gasteiger partial charge in [0.15, 0.2) is 6.29 Å². The summed E-state index contributed by atoms with van der Waals surface area (Å²) in [7, 11) is 0. The smallest absolute Gasteiger partial charge is 0.249 e. The number of nitrogens with one attached hydrogen (secondary N) is 1. The van der Waals surface area contributed by atoms with E-state index in [9.17, 15) is 40.5 Å². The molecule has 490 valence electrons. The average molecular weight is 1180 g/mol. The molecule has 8 N–H and O–H groups in total. The SMILES string of the molecule is CCCCCCCCCCCCCC/C=C\CCCCCCCCCCCCC(O)C(=O)NC(COC1OC(CO)C(O)C(O)C1O)C(O)C(O)CCC/C=C/CC/C=C/CCCCCCCCCCCCCCCCCCCCCCC. The molecule has 0 aromatic heterocycles. The van der Waals surface area contributed by atoms with E-state index in [2.05, 4.69) is 55.6 Å². The van der Waals surface area contributed by atoms with Gasteiger partial charge in [0.2, 0.25) is 5.91 Å². The molecule has 11 nitrogen and oxygen atoms in total. The standard InChI is InChI=1S/C72H137NO10/c1-3-5-7-9-11-13-15-17-19-21-23-25-27-29-31-32-33-34-36-37-39-41-43-45-47-49-51-53-55-57-59-64(75)67(77)63(62-82-72-70(80)69(79)68(78)66(61-74)83-72)73-71(81)65(76)60-58-56-54-52-50-48-46-44-42-40-38-35-30-28-26-24-22-20-18-16-14-12-10-8-6-4-2/h30,35,43,45,51,53,63-70,72,74-80H,3-29,31-34,36-42,44,46-50,52,54-62H2,1-2H3,(H,73,81)/b35-30-,45-43+,53-51+. The first-order valence-corrected chi connectivity index (χ1v) is 35.9. The highest BCUT2D eigenvalue weighted by atomic mass is 16.7. The van der Waals surface area contributed by atoms with E-state index in [1.165, 1.54) is 263 Å². The van der Waals surface area contributed by atoms with Crippen molar-refractivity contribution in [3.05, 3.63) is 36.5 Å². The molecule has 11 heteroatoms. The largest absolute Gasteiger partial charge is 0.394 e. The quantitative estimate of drug-likeness (QED) is 0.0215. The van der Waals surface area contributed by atoms with Gasteiger partial charge in [-0.15, -0.1) is 0 Å². The molecule has 0 aromatic carbocycles. The molecule has 1 fully saturated rings. The van der Waals surface area contributed by atoms with Crippen molar-refractivity contribution < 1.29 is 50.0 Å². The highest BCUT2D eigenvalue weighted by molar-refractivity contribution is 5.80. The van der Waals surface area contributed by atoms with Crippen LogP contribution in [0.1, 0.15) is 348 Å². The first kappa shape index (κ1) is 79.3. The number of hydrogen-bond acceptors (Lipinski definition) is 10. The topological polar surface area (TPSA) is 189 Å². The van der Waals surface area contributed by atoms with Gasteiger partial charge in [0.1, 0.15) is 36.6 Å². The van der Waals surface area contributed by atoms with Crippen molar-refractivity contribution in [1.29, 1.82) is 0 Å². The van der Waals surface area contributed by atoms with Gasteiger partial charge in [0.05, 0.1) is 25.4 Å². The summed E-state index contributed by atoms with van der Waals surface area (Å²) < 4.78 is 11.2. The zero-order valence-electron chi connectivity index (χ0n) is 54.2. The van der Waals surface area contributed by atoms with Crippen LogP contribution in [0, 0.1) is 0 Å². The fourth-order valence-electron chi connectivity index (χ4n) is 11.6. The number of rotatable bonds is 63. The highest BCUT2D eigenvalue weighted by Crippen LogP contribution is 2.24. The molecule has 1 rings (SSSR count). The maximum absolute atomic E-state index is 13.2. The Morgan fingerprint density at radius 3 is 1.07 bits per heavy atom. The third-order valence-electron chi connectivity index (χ3n) is 17.4. The van der Waals surface area contributed by atoms with Gasteiger partial charge >= 0.3 is 0 Å². The Labute approximate surface area is 511 Å². The third-order valence-corrected chi connectivity index (χ3v) is 17.4. The molecule has 9 atom stereocenters. The zero-order valence-corrected chi connectivity index (χ0v) is 54.2. The number of unbranched alkanes of at least 4 members (excludes halogenated alkanes) is 45. The lowest BCUT2D eigenvalue weighted by atomic mass is 9.98. The molecule has 1 heterocycles. The van der Waals surface area contributed by atoms with E-state index in [0.29, 0.717) is 19.3 Å². The summed E-state index contributed by atoms with van der Waals surface area (Å²) >= 11 is 0.